The number of hydrogen-bond acceptors (Lipinski definition) is 6. The second kappa shape index (κ2) is 4.53. The zero-order chi connectivity index (χ0) is 12.5. The van der Waals surface area contributed by atoms with Gasteiger partial charge >= 0.3 is 5.97 Å². The quantitative estimate of drug-likeness (QED) is 0.738. The van der Waals surface area contributed by atoms with Crippen LogP contribution < -0.4 is 10.2 Å². The van der Waals surface area contributed by atoms with Crippen molar-refractivity contribution in [3.63, 3.8) is 0 Å². The first-order valence-electron chi connectivity index (χ1n) is 6.14. The van der Waals surface area contributed by atoms with E-state index in [1.54, 1.807) is 6.20 Å². The molecule has 0 amide bonds. The second-order valence-electron chi connectivity index (χ2n) is 4.84. The molecule has 2 saturated heterocycles. The average molecular weight is 248 g/mol. The predicted molar refractivity (Wildman–Crippen MR) is 65.4 cm³/mol. The van der Waals surface area contributed by atoms with Crippen molar-refractivity contribution in [2.24, 2.45) is 11.8 Å². The van der Waals surface area contributed by atoms with Gasteiger partial charge in [0.2, 0.25) is 0 Å². The fraction of sp³-hybridized carbons (Fsp3) is 0.583. The molecule has 2 aliphatic heterocycles. The molecule has 0 aromatic carbocycles. The molecule has 3 heterocycles. The maximum Gasteiger partial charge on any atom is 0.358 e. The van der Waals surface area contributed by atoms with Crippen molar-refractivity contribution < 1.29 is 9.53 Å². The maximum absolute atomic E-state index is 11.4. The lowest BCUT2D eigenvalue weighted by molar-refractivity contribution is 0.0593. The Bertz CT molecular complexity index is 453. The summed E-state index contributed by atoms with van der Waals surface area (Å²) in [4.78, 5) is 22.0. The molecule has 6 heteroatoms. The number of carbonyl (C=O) groups excluding carboxylic acids is 1. The lowest BCUT2D eigenvalue weighted by atomic mass is 10.0. The summed E-state index contributed by atoms with van der Waals surface area (Å²) < 4.78 is 4.66. The van der Waals surface area contributed by atoms with Crippen LogP contribution in [0.15, 0.2) is 12.4 Å². The van der Waals surface area contributed by atoms with E-state index in [9.17, 15) is 4.79 Å². The van der Waals surface area contributed by atoms with Crippen molar-refractivity contribution in [1.82, 2.24) is 15.3 Å². The zero-order valence-corrected chi connectivity index (χ0v) is 10.3. The number of nitrogens with zero attached hydrogens (tertiary/aromatic N) is 3. The molecule has 96 valence electrons. The number of esters is 1. The van der Waals surface area contributed by atoms with Gasteiger partial charge in [0.05, 0.1) is 19.5 Å². The van der Waals surface area contributed by atoms with Gasteiger partial charge < -0.3 is 15.0 Å². The Morgan fingerprint density at radius 1 is 1.39 bits per heavy atom. The fourth-order valence-corrected chi connectivity index (χ4v) is 2.75. The van der Waals surface area contributed by atoms with Crippen LogP contribution in [0, 0.1) is 11.8 Å². The maximum atomic E-state index is 11.4. The van der Waals surface area contributed by atoms with Gasteiger partial charge in [-0.15, -0.1) is 0 Å². The van der Waals surface area contributed by atoms with Gasteiger partial charge in [0.25, 0.3) is 0 Å². The summed E-state index contributed by atoms with van der Waals surface area (Å²) >= 11 is 0. The minimum Gasteiger partial charge on any atom is -0.464 e. The Kier molecular flexibility index (Phi) is 2.87. The van der Waals surface area contributed by atoms with Crippen molar-refractivity contribution in [1.29, 1.82) is 0 Å². The van der Waals surface area contributed by atoms with E-state index in [0.717, 1.165) is 32.0 Å². The summed E-state index contributed by atoms with van der Waals surface area (Å²) in [7, 11) is 1.35. The molecular weight excluding hydrogens is 232 g/mol. The molecule has 2 aliphatic rings. The van der Waals surface area contributed by atoms with Crippen molar-refractivity contribution in [3.05, 3.63) is 18.1 Å². The average Bonchev–Trinajstić information content (AvgIpc) is 2.98. The number of anilines is 1. The predicted octanol–water partition coefficient (Wildman–Crippen LogP) is -0.0812. The lowest BCUT2D eigenvalue weighted by Crippen LogP contribution is -2.26. The number of aromatic nitrogens is 2. The molecule has 0 saturated carbocycles. The van der Waals surface area contributed by atoms with Crippen molar-refractivity contribution in [2.45, 2.75) is 0 Å². The minimum absolute atomic E-state index is 0.269. The van der Waals surface area contributed by atoms with Crippen LogP contribution in [0.5, 0.6) is 0 Å². The van der Waals surface area contributed by atoms with Gasteiger partial charge in [-0.3, -0.25) is 4.98 Å². The highest BCUT2D eigenvalue weighted by atomic mass is 16.5. The lowest BCUT2D eigenvalue weighted by Gasteiger charge is -2.18. The van der Waals surface area contributed by atoms with E-state index in [4.69, 9.17) is 0 Å². The van der Waals surface area contributed by atoms with Gasteiger partial charge in [-0.05, 0) is 11.8 Å². The van der Waals surface area contributed by atoms with Crippen LogP contribution in [0.25, 0.3) is 0 Å². The highest BCUT2D eigenvalue weighted by Gasteiger charge is 2.36. The standard InChI is InChI=1S/C12H16N4O2/c1-18-12(17)10-4-14-5-11(15-10)16-6-8-2-13-3-9(8)7-16/h4-5,8-9,13H,2-3,6-7H2,1H3/t8-,9+. The van der Waals surface area contributed by atoms with Gasteiger partial charge in [-0.1, -0.05) is 0 Å². The van der Waals surface area contributed by atoms with E-state index >= 15 is 0 Å². The monoisotopic (exact) mass is 248 g/mol. The van der Waals surface area contributed by atoms with E-state index < -0.39 is 5.97 Å². The topological polar surface area (TPSA) is 67.3 Å². The number of fused-ring (bicyclic) bond motifs is 1. The molecule has 6 nitrogen and oxygen atoms in total. The number of methoxy groups -OCH3 is 1. The Morgan fingerprint density at radius 2 is 2.11 bits per heavy atom. The van der Waals surface area contributed by atoms with Crippen LogP contribution in [0.3, 0.4) is 0 Å². The first kappa shape index (κ1) is 11.4. The Labute approximate surface area is 105 Å². The summed E-state index contributed by atoms with van der Waals surface area (Å²) in [5.41, 5.74) is 0.269. The molecular formula is C12H16N4O2. The van der Waals surface area contributed by atoms with E-state index in [-0.39, 0.29) is 5.69 Å². The summed E-state index contributed by atoms with van der Waals surface area (Å²) in [5, 5.41) is 3.40. The highest BCUT2D eigenvalue weighted by Crippen LogP contribution is 2.29. The number of carbonyl (C=O) groups is 1. The van der Waals surface area contributed by atoms with Gasteiger partial charge in [-0.25, -0.2) is 9.78 Å². The number of ether oxygens (including phenoxy) is 1. The molecule has 18 heavy (non-hydrogen) atoms. The molecule has 1 aromatic heterocycles. The molecule has 0 radical (unpaired) electrons. The van der Waals surface area contributed by atoms with Crippen molar-refractivity contribution in [2.75, 3.05) is 38.2 Å². The first-order valence-corrected chi connectivity index (χ1v) is 6.14. The normalized spacial score (nSPS) is 26.2. The molecule has 2 fully saturated rings. The zero-order valence-electron chi connectivity index (χ0n) is 10.3. The van der Waals surface area contributed by atoms with Crippen LogP contribution in [0.4, 0.5) is 5.82 Å². The molecule has 1 N–H and O–H groups in total. The highest BCUT2D eigenvalue weighted by molar-refractivity contribution is 5.87. The molecule has 0 unspecified atom stereocenters. The summed E-state index contributed by atoms with van der Waals surface area (Å²) in [6.45, 7) is 4.12. The minimum atomic E-state index is -0.439. The second-order valence-corrected chi connectivity index (χ2v) is 4.84. The van der Waals surface area contributed by atoms with E-state index in [2.05, 4.69) is 24.9 Å². The molecule has 1 aromatic rings. The van der Waals surface area contributed by atoms with Gasteiger partial charge in [-0.2, -0.15) is 0 Å². The third-order valence-electron chi connectivity index (χ3n) is 3.73. The van der Waals surface area contributed by atoms with Crippen LogP contribution in [0.1, 0.15) is 10.5 Å². The third-order valence-corrected chi connectivity index (χ3v) is 3.73. The molecule has 0 spiro atoms. The molecule has 3 rings (SSSR count). The SMILES string of the molecule is COC(=O)c1cncc(N2C[C@H]3CNC[C@H]3C2)n1. The molecule has 2 atom stereocenters. The smallest absolute Gasteiger partial charge is 0.358 e. The Hall–Kier alpha value is -1.69. The van der Waals surface area contributed by atoms with Crippen LogP contribution in [0.2, 0.25) is 0 Å². The molecule has 0 aliphatic carbocycles. The largest absolute Gasteiger partial charge is 0.464 e. The van der Waals surface area contributed by atoms with Crippen molar-refractivity contribution in [3.8, 4) is 0 Å². The van der Waals surface area contributed by atoms with Crippen molar-refractivity contribution >= 4 is 11.8 Å². The summed E-state index contributed by atoms with van der Waals surface area (Å²) in [6.07, 6.45) is 3.15. The Balaban J connectivity index is 1.79. The van der Waals surface area contributed by atoms with E-state index in [1.807, 2.05) is 0 Å². The summed E-state index contributed by atoms with van der Waals surface area (Å²) in [5.74, 6) is 1.71. The fourth-order valence-electron chi connectivity index (χ4n) is 2.75. The number of hydrogen-bond donors (Lipinski definition) is 1. The van der Waals surface area contributed by atoms with E-state index in [1.165, 1.54) is 13.3 Å². The van der Waals surface area contributed by atoms with Crippen LogP contribution >= 0.6 is 0 Å². The van der Waals surface area contributed by atoms with E-state index in [0.29, 0.717) is 11.8 Å². The summed E-state index contributed by atoms with van der Waals surface area (Å²) in [6, 6.07) is 0. The first-order chi connectivity index (χ1) is 8.78. The van der Waals surface area contributed by atoms with Gasteiger partial charge in [0.15, 0.2) is 5.69 Å². The third kappa shape index (κ3) is 1.92. The Morgan fingerprint density at radius 3 is 2.78 bits per heavy atom. The van der Waals surface area contributed by atoms with Crippen LogP contribution in [-0.4, -0.2) is 49.2 Å². The number of nitrogens with one attached hydrogen (secondary N) is 1. The van der Waals surface area contributed by atoms with Crippen LogP contribution in [-0.2, 0) is 4.74 Å². The number of rotatable bonds is 2. The van der Waals surface area contributed by atoms with Gasteiger partial charge in [0.1, 0.15) is 5.82 Å². The van der Waals surface area contributed by atoms with Gasteiger partial charge in [0, 0.05) is 26.2 Å². The molecule has 0 bridgehead atoms.